The molecule has 0 radical (unpaired) electrons. The van der Waals surface area contributed by atoms with Crippen LogP contribution in [0.5, 0.6) is 0 Å². The Morgan fingerprint density at radius 3 is 2.25 bits per heavy atom. The summed E-state index contributed by atoms with van der Waals surface area (Å²) in [5, 5.41) is 2.10. The minimum Gasteiger partial charge on any atom is -0.444 e. The number of hydrogen-bond donors (Lipinski definition) is 1. The molecule has 1 N–H and O–H groups in total. The first-order chi connectivity index (χ1) is 17.0. The number of amides is 1. The fourth-order valence-corrected chi connectivity index (χ4v) is 5.46. The van der Waals surface area contributed by atoms with Gasteiger partial charge in [0.15, 0.2) is 0 Å². The number of ether oxygens (including phenoxy) is 1. The first kappa shape index (κ1) is 25.9. The van der Waals surface area contributed by atoms with Crippen LogP contribution >= 0.6 is 0 Å². The Bertz CT molecular complexity index is 1350. The van der Waals surface area contributed by atoms with Gasteiger partial charge in [-0.1, -0.05) is 42.5 Å². The van der Waals surface area contributed by atoms with Crippen LogP contribution in [0.2, 0.25) is 0 Å². The van der Waals surface area contributed by atoms with Gasteiger partial charge in [0.1, 0.15) is 16.3 Å². The molecule has 4 rings (SSSR count). The lowest BCUT2D eigenvalue weighted by molar-refractivity contribution is 0.0240. The van der Waals surface area contributed by atoms with E-state index in [4.69, 9.17) is 4.74 Å². The second-order valence-corrected chi connectivity index (χ2v) is 11.6. The Kier molecular flexibility index (Phi) is 7.51. The molecular formula is C27H32FN3O4S. The summed E-state index contributed by atoms with van der Waals surface area (Å²) >= 11 is 0. The van der Waals surface area contributed by atoms with Gasteiger partial charge in [-0.15, -0.1) is 0 Å². The maximum absolute atomic E-state index is 14.0. The van der Waals surface area contributed by atoms with E-state index in [0.717, 1.165) is 28.1 Å². The molecule has 1 aliphatic heterocycles. The molecule has 0 aromatic heterocycles. The minimum absolute atomic E-state index is 0.147. The number of piperazine rings is 1. The zero-order valence-corrected chi connectivity index (χ0v) is 21.6. The highest BCUT2D eigenvalue weighted by atomic mass is 32.2. The summed E-state index contributed by atoms with van der Waals surface area (Å²) in [6.07, 6.45) is 0.168. The summed E-state index contributed by atoms with van der Waals surface area (Å²) in [6.45, 7) is 8.25. The van der Waals surface area contributed by atoms with E-state index < -0.39 is 21.4 Å². The largest absolute Gasteiger partial charge is 0.444 e. The van der Waals surface area contributed by atoms with Crippen LogP contribution in [0.4, 0.5) is 14.9 Å². The second-order valence-electron chi connectivity index (χ2n) is 9.82. The highest BCUT2D eigenvalue weighted by molar-refractivity contribution is 7.89. The molecular weight excluding hydrogens is 481 g/mol. The van der Waals surface area contributed by atoms with Gasteiger partial charge in [-0.05, 0) is 56.3 Å². The van der Waals surface area contributed by atoms with E-state index in [0.29, 0.717) is 32.6 Å². The van der Waals surface area contributed by atoms with Crippen LogP contribution in [0.25, 0.3) is 10.8 Å². The van der Waals surface area contributed by atoms with Crippen LogP contribution in [-0.4, -0.2) is 57.7 Å². The molecule has 0 saturated carbocycles. The number of carbonyl (C=O) groups excluding carboxylic acids is 1. The lowest BCUT2D eigenvalue weighted by Crippen LogP contribution is -2.50. The fourth-order valence-electron chi connectivity index (χ4n) is 4.36. The van der Waals surface area contributed by atoms with E-state index in [1.165, 1.54) is 18.2 Å². The highest BCUT2D eigenvalue weighted by Gasteiger charge is 2.26. The Balaban J connectivity index is 1.45. The first-order valence-corrected chi connectivity index (χ1v) is 13.5. The summed E-state index contributed by atoms with van der Waals surface area (Å²) in [4.78, 5) is 16.1. The Hall–Kier alpha value is -3.17. The number of rotatable bonds is 6. The van der Waals surface area contributed by atoms with Crippen LogP contribution in [0, 0.1) is 5.82 Å². The van der Waals surface area contributed by atoms with Gasteiger partial charge in [0, 0.05) is 43.8 Å². The van der Waals surface area contributed by atoms with Crippen LogP contribution in [0.3, 0.4) is 0 Å². The van der Waals surface area contributed by atoms with E-state index in [1.807, 2.05) is 51.1 Å². The molecule has 7 nitrogen and oxygen atoms in total. The number of halogens is 1. The summed E-state index contributed by atoms with van der Waals surface area (Å²) in [6, 6.07) is 17.4. The topological polar surface area (TPSA) is 79.0 Å². The molecule has 1 aliphatic rings. The Labute approximate surface area is 211 Å². The third-order valence-corrected chi connectivity index (χ3v) is 7.57. The number of fused-ring (bicyclic) bond motifs is 1. The molecule has 0 aliphatic carbocycles. The molecule has 0 unspecified atom stereocenters. The molecule has 9 heteroatoms. The van der Waals surface area contributed by atoms with Crippen molar-refractivity contribution in [1.82, 2.24) is 9.62 Å². The first-order valence-electron chi connectivity index (χ1n) is 12.0. The number of nitrogens with one attached hydrogen (secondary N) is 1. The molecule has 3 aromatic carbocycles. The molecule has 0 atom stereocenters. The summed E-state index contributed by atoms with van der Waals surface area (Å²) in [5.74, 6) is -0.772. The maximum Gasteiger partial charge on any atom is 0.410 e. The average Bonchev–Trinajstić information content (AvgIpc) is 2.83. The standard InChI is InChI=1S/C27H32FN3O4S/c1-27(2,3)35-26(32)31-18-16-30(17-19-31)24-13-12-20(21-8-4-5-9-22(21)24)14-15-29-36(33,34)25-11-7-6-10-23(25)28/h4-13,29H,14-19H2,1-3H3. The number of carbonyl (C=O) groups is 1. The molecule has 1 saturated heterocycles. The number of benzene rings is 3. The van der Waals surface area contributed by atoms with Gasteiger partial charge >= 0.3 is 6.09 Å². The van der Waals surface area contributed by atoms with Crippen molar-refractivity contribution in [3.05, 3.63) is 72.0 Å². The number of nitrogens with zero attached hydrogens (tertiary/aromatic N) is 2. The van der Waals surface area contributed by atoms with Crippen molar-refractivity contribution in [2.24, 2.45) is 0 Å². The van der Waals surface area contributed by atoms with Crippen molar-refractivity contribution in [2.45, 2.75) is 37.7 Å². The quantitative estimate of drug-likeness (QED) is 0.523. The molecule has 0 bridgehead atoms. The van der Waals surface area contributed by atoms with Gasteiger partial charge in [0.2, 0.25) is 10.0 Å². The van der Waals surface area contributed by atoms with Crippen LogP contribution in [0.1, 0.15) is 26.3 Å². The average molecular weight is 514 g/mol. The van der Waals surface area contributed by atoms with E-state index in [-0.39, 0.29) is 17.5 Å². The van der Waals surface area contributed by atoms with Crippen LogP contribution in [-0.2, 0) is 21.2 Å². The molecule has 192 valence electrons. The predicted octanol–water partition coefficient (Wildman–Crippen LogP) is 4.56. The van der Waals surface area contributed by atoms with Crippen molar-refractivity contribution in [1.29, 1.82) is 0 Å². The van der Waals surface area contributed by atoms with Gasteiger partial charge in [-0.2, -0.15) is 0 Å². The normalized spacial score (nSPS) is 14.8. The predicted molar refractivity (Wildman–Crippen MR) is 139 cm³/mol. The third kappa shape index (κ3) is 5.96. The molecule has 0 spiro atoms. The molecule has 36 heavy (non-hydrogen) atoms. The SMILES string of the molecule is CC(C)(C)OC(=O)N1CCN(c2ccc(CCNS(=O)(=O)c3ccccc3F)c3ccccc23)CC1. The summed E-state index contributed by atoms with van der Waals surface area (Å²) in [7, 11) is -3.94. The summed E-state index contributed by atoms with van der Waals surface area (Å²) < 4.78 is 47.0. The van der Waals surface area contributed by atoms with Crippen molar-refractivity contribution in [3.63, 3.8) is 0 Å². The van der Waals surface area contributed by atoms with Gasteiger partial charge in [-0.3, -0.25) is 0 Å². The van der Waals surface area contributed by atoms with Gasteiger partial charge < -0.3 is 14.5 Å². The third-order valence-electron chi connectivity index (χ3n) is 6.08. The number of sulfonamides is 1. The summed E-state index contributed by atoms with van der Waals surface area (Å²) in [5.41, 5.74) is 1.55. The number of hydrogen-bond acceptors (Lipinski definition) is 5. The van der Waals surface area contributed by atoms with Crippen LogP contribution < -0.4 is 9.62 Å². The minimum atomic E-state index is -3.94. The van der Waals surface area contributed by atoms with E-state index in [9.17, 15) is 17.6 Å². The Morgan fingerprint density at radius 2 is 1.58 bits per heavy atom. The lowest BCUT2D eigenvalue weighted by Gasteiger charge is -2.37. The van der Waals surface area contributed by atoms with Crippen molar-refractivity contribution >= 4 is 32.6 Å². The zero-order chi connectivity index (χ0) is 25.9. The fraction of sp³-hybridized carbons (Fsp3) is 0.370. The molecule has 3 aromatic rings. The lowest BCUT2D eigenvalue weighted by atomic mass is 10.00. The molecule has 1 fully saturated rings. The van der Waals surface area contributed by atoms with Crippen molar-refractivity contribution in [3.8, 4) is 0 Å². The molecule has 1 heterocycles. The van der Waals surface area contributed by atoms with E-state index in [2.05, 4.69) is 15.7 Å². The smallest absolute Gasteiger partial charge is 0.410 e. The van der Waals surface area contributed by atoms with E-state index >= 15 is 0 Å². The monoisotopic (exact) mass is 513 g/mol. The van der Waals surface area contributed by atoms with Gasteiger partial charge in [0.25, 0.3) is 0 Å². The number of anilines is 1. The van der Waals surface area contributed by atoms with Gasteiger partial charge in [-0.25, -0.2) is 22.3 Å². The van der Waals surface area contributed by atoms with Crippen molar-refractivity contribution < 1.29 is 22.3 Å². The Morgan fingerprint density at radius 1 is 0.944 bits per heavy atom. The van der Waals surface area contributed by atoms with Gasteiger partial charge in [0.05, 0.1) is 0 Å². The highest BCUT2D eigenvalue weighted by Crippen LogP contribution is 2.31. The van der Waals surface area contributed by atoms with Crippen molar-refractivity contribution in [2.75, 3.05) is 37.6 Å². The van der Waals surface area contributed by atoms with Crippen LogP contribution in [0.15, 0.2) is 65.6 Å². The maximum atomic E-state index is 14.0. The van der Waals surface area contributed by atoms with E-state index in [1.54, 1.807) is 4.90 Å². The zero-order valence-electron chi connectivity index (χ0n) is 20.8. The molecule has 1 amide bonds. The second kappa shape index (κ2) is 10.4.